The minimum Gasteiger partial charge on any atom is -0.288 e. The highest BCUT2D eigenvalue weighted by Crippen LogP contribution is 2.29. The standard InChI is InChI=1S/C6H3Cl3O/c7-3-1-4(8)6(9)5(10)2-3/h2H,1H2. The highest BCUT2D eigenvalue weighted by molar-refractivity contribution is 6.51. The molecule has 0 aromatic carbocycles. The summed E-state index contributed by atoms with van der Waals surface area (Å²) < 4.78 is 0. The predicted octanol–water partition coefficient (Wildman–Crippen LogP) is 2.77. The molecule has 1 nitrogen and oxygen atoms in total. The highest BCUT2D eigenvalue weighted by atomic mass is 35.5. The van der Waals surface area contributed by atoms with Crippen LogP contribution in [0.25, 0.3) is 0 Å². The first-order valence-corrected chi connectivity index (χ1v) is 3.69. The summed E-state index contributed by atoms with van der Waals surface area (Å²) in [6.07, 6.45) is 1.64. The van der Waals surface area contributed by atoms with Crippen LogP contribution in [0.2, 0.25) is 0 Å². The van der Waals surface area contributed by atoms with Crippen LogP contribution in [0.3, 0.4) is 0 Å². The van der Waals surface area contributed by atoms with Crippen molar-refractivity contribution in [2.45, 2.75) is 6.42 Å². The molecule has 0 heterocycles. The van der Waals surface area contributed by atoms with E-state index >= 15 is 0 Å². The third kappa shape index (κ3) is 1.54. The summed E-state index contributed by atoms with van der Waals surface area (Å²) >= 11 is 16.6. The second-order valence-corrected chi connectivity index (χ2v) is 3.17. The van der Waals surface area contributed by atoms with Gasteiger partial charge in [0.05, 0.1) is 0 Å². The lowest BCUT2D eigenvalue weighted by molar-refractivity contribution is -0.110. The maximum atomic E-state index is 10.8. The molecule has 0 aromatic heterocycles. The average molecular weight is 197 g/mol. The van der Waals surface area contributed by atoms with Gasteiger partial charge in [-0.3, -0.25) is 4.79 Å². The molecule has 0 atom stereocenters. The van der Waals surface area contributed by atoms with Crippen molar-refractivity contribution < 1.29 is 4.79 Å². The summed E-state index contributed by atoms with van der Waals surface area (Å²) in [6, 6.07) is 0. The number of halogens is 3. The quantitative estimate of drug-likeness (QED) is 0.584. The van der Waals surface area contributed by atoms with Gasteiger partial charge in [-0.1, -0.05) is 34.8 Å². The number of ketones is 1. The van der Waals surface area contributed by atoms with Gasteiger partial charge in [-0.15, -0.1) is 0 Å². The molecule has 0 aromatic rings. The number of allylic oxidation sites excluding steroid dienone is 4. The van der Waals surface area contributed by atoms with E-state index in [-0.39, 0.29) is 10.8 Å². The molecule has 1 aliphatic rings. The summed E-state index contributed by atoms with van der Waals surface area (Å²) in [7, 11) is 0. The molecule has 54 valence electrons. The number of carbonyl (C=O) groups excluding carboxylic acids is 1. The second kappa shape index (κ2) is 2.95. The lowest BCUT2D eigenvalue weighted by atomic mass is 10.2. The van der Waals surface area contributed by atoms with Crippen molar-refractivity contribution in [2.24, 2.45) is 0 Å². The maximum absolute atomic E-state index is 10.8. The number of rotatable bonds is 0. The van der Waals surface area contributed by atoms with Crippen molar-refractivity contribution in [3.05, 3.63) is 21.2 Å². The van der Waals surface area contributed by atoms with Crippen LogP contribution >= 0.6 is 34.8 Å². The molecule has 4 heteroatoms. The fraction of sp³-hybridized carbons (Fsp3) is 0.167. The number of hydrogen-bond donors (Lipinski definition) is 0. The van der Waals surface area contributed by atoms with Crippen LogP contribution in [-0.2, 0) is 4.79 Å². The molecule has 0 saturated heterocycles. The van der Waals surface area contributed by atoms with Gasteiger partial charge in [-0.25, -0.2) is 0 Å². The lowest BCUT2D eigenvalue weighted by Gasteiger charge is -2.05. The lowest BCUT2D eigenvalue weighted by Crippen LogP contribution is -2.00. The molecular weight excluding hydrogens is 194 g/mol. The number of carbonyl (C=O) groups is 1. The Labute approximate surface area is 73.3 Å². The monoisotopic (exact) mass is 196 g/mol. The van der Waals surface area contributed by atoms with Crippen molar-refractivity contribution in [2.75, 3.05) is 0 Å². The van der Waals surface area contributed by atoms with Crippen LogP contribution < -0.4 is 0 Å². The normalized spacial score (nSPS) is 19.5. The predicted molar refractivity (Wildman–Crippen MR) is 42.3 cm³/mol. The SMILES string of the molecule is O=C1C=C(Cl)CC(Cl)=C1Cl. The summed E-state index contributed by atoms with van der Waals surface area (Å²) in [5, 5.41) is 0.824. The van der Waals surface area contributed by atoms with Gasteiger partial charge in [0, 0.05) is 22.6 Å². The molecule has 10 heavy (non-hydrogen) atoms. The van der Waals surface area contributed by atoms with Gasteiger partial charge in [0.2, 0.25) is 0 Å². The van der Waals surface area contributed by atoms with Gasteiger partial charge in [-0.2, -0.15) is 0 Å². The van der Waals surface area contributed by atoms with E-state index in [1.54, 1.807) is 0 Å². The van der Waals surface area contributed by atoms with Crippen LogP contribution in [0.4, 0.5) is 0 Å². The van der Waals surface area contributed by atoms with Crippen molar-refractivity contribution >= 4 is 40.6 Å². The Morgan fingerprint density at radius 2 is 1.90 bits per heavy atom. The minimum atomic E-state index is -0.317. The van der Waals surface area contributed by atoms with E-state index < -0.39 is 0 Å². The molecule has 0 N–H and O–H groups in total. The van der Waals surface area contributed by atoms with Crippen LogP contribution in [0.5, 0.6) is 0 Å². The summed E-state index contributed by atoms with van der Waals surface area (Å²) in [5.74, 6) is -0.317. The van der Waals surface area contributed by atoms with Crippen molar-refractivity contribution in [3.8, 4) is 0 Å². The van der Waals surface area contributed by atoms with E-state index in [4.69, 9.17) is 34.8 Å². The molecule has 0 saturated carbocycles. The van der Waals surface area contributed by atoms with Gasteiger partial charge in [0.25, 0.3) is 0 Å². The highest BCUT2D eigenvalue weighted by Gasteiger charge is 2.16. The zero-order chi connectivity index (χ0) is 7.72. The summed E-state index contributed by atoms with van der Waals surface area (Å²) in [6.45, 7) is 0. The van der Waals surface area contributed by atoms with Crippen molar-refractivity contribution in [3.63, 3.8) is 0 Å². The molecule has 0 aliphatic heterocycles. The van der Waals surface area contributed by atoms with Crippen LogP contribution in [0.15, 0.2) is 21.2 Å². The smallest absolute Gasteiger partial charge is 0.199 e. The molecule has 0 radical (unpaired) electrons. The average Bonchev–Trinajstić information content (AvgIpc) is 1.82. The zero-order valence-electron chi connectivity index (χ0n) is 4.83. The topological polar surface area (TPSA) is 17.1 Å². The fourth-order valence-corrected chi connectivity index (χ4v) is 1.28. The Kier molecular flexibility index (Phi) is 2.40. The van der Waals surface area contributed by atoms with E-state index in [9.17, 15) is 4.79 Å². The van der Waals surface area contributed by atoms with Gasteiger partial charge < -0.3 is 0 Å². The summed E-state index contributed by atoms with van der Waals surface area (Å²) in [4.78, 5) is 10.8. The third-order valence-electron chi connectivity index (χ3n) is 1.07. The third-order valence-corrected chi connectivity index (χ3v) is 2.14. The molecule has 0 amide bonds. The van der Waals surface area contributed by atoms with Crippen LogP contribution in [0, 0.1) is 0 Å². The Hall–Kier alpha value is 0.0200. The van der Waals surface area contributed by atoms with E-state index in [1.807, 2.05) is 0 Å². The first-order chi connectivity index (χ1) is 4.61. The maximum Gasteiger partial charge on any atom is 0.199 e. The Balaban J connectivity index is 2.96. The summed E-state index contributed by atoms with van der Waals surface area (Å²) in [5.41, 5.74) is 0. The second-order valence-electron chi connectivity index (χ2n) is 1.85. The zero-order valence-corrected chi connectivity index (χ0v) is 7.09. The van der Waals surface area contributed by atoms with E-state index in [0.717, 1.165) is 0 Å². The number of hydrogen-bond acceptors (Lipinski definition) is 1. The van der Waals surface area contributed by atoms with Gasteiger partial charge >= 0.3 is 0 Å². The molecule has 0 unspecified atom stereocenters. The molecular formula is C6H3Cl3O. The molecule has 1 aliphatic carbocycles. The fourth-order valence-electron chi connectivity index (χ4n) is 0.616. The van der Waals surface area contributed by atoms with E-state index in [0.29, 0.717) is 16.5 Å². The van der Waals surface area contributed by atoms with Crippen LogP contribution in [-0.4, -0.2) is 5.78 Å². The first kappa shape index (κ1) is 8.12. The molecule has 1 rings (SSSR count). The largest absolute Gasteiger partial charge is 0.288 e. The van der Waals surface area contributed by atoms with E-state index in [2.05, 4.69) is 0 Å². The first-order valence-electron chi connectivity index (χ1n) is 2.56. The van der Waals surface area contributed by atoms with Crippen LogP contribution in [0.1, 0.15) is 6.42 Å². The van der Waals surface area contributed by atoms with Crippen molar-refractivity contribution in [1.29, 1.82) is 0 Å². The van der Waals surface area contributed by atoms with Crippen molar-refractivity contribution in [1.82, 2.24) is 0 Å². The Morgan fingerprint density at radius 3 is 2.40 bits per heavy atom. The Morgan fingerprint density at radius 1 is 1.30 bits per heavy atom. The van der Waals surface area contributed by atoms with E-state index in [1.165, 1.54) is 6.08 Å². The van der Waals surface area contributed by atoms with Gasteiger partial charge in [0.1, 0.15) is 5.03 Å². The molecule has 0 spiro atoms. The minimum absolute atomic E-state index is 0.0751. The Bertz CT molecular complexity index is 239. The van der Waals surface area contributed by atoms with Gasteiger partial charge in [0.15, 0.2) is 5.78 Å². The van der Waals surface area contributed by atoms with Gasteiger partial charge in [-0.05, 0) is 0 Å². The molecule has 0 fully saturated rings. The molecule has 0 bridgehead atoms.